The first kappa shape index (κ1) is 9.70. The number of amides is 1. The van der Waals surface area contributed by atoms with Crippen LogP contribution < -0.4 is 5.32 Å². The Labute approximate surface area is 85.7 Å². The van der Waals surface area contributed by atoms with Gasteiger partial charge in [0.1, 0.15) is 0 Å². The Hall–Kier alpha value is -1.85. The summed E-state index contributed by atoms with van der Waals surface area (Å²) in [4.78, 5) is 22.2. The fourth-order valence-corrected chi connectivity index (χ4v) is 1.81. The lowest BCUT2D eigenvalue weighted by Gasteiger charge is -2.28. The molecule has 2 atom stereocenters. The molecule has 0 bridgehead atoms. The van der Waals surface area contributed by atoms with Gasteiger partial charge in [-0.1, -0.05) is 0 Å². The number of carboxylic acid groups (broad SMARTS) is 1. The fourth-order valence-electron chi connectivity index (χ4n) is 1.81. The first-order chi connectivity index (χ1) is 7.18. The Morgan fingerprint density at radius 3 is 3.00 bits per heavy atom. The van der Waals surface area contributed by atoms with Gasteiger partial charge in [-0.15, -0.1) is 0 Å². The Morgan fingerprint density at radius 1 is 1.60 bits per heavy atom. The van der Waals surface area contributed by atoms with Gasteiger partial charge >= 0.3 is 5.97 Å². The number of aromatic nitrogens is 2. The molecule has 1 aliphatic rings. The smallest absolute Gasteiger partial charge is 0.308 e. The number of piperidine rings is 1. The van der Waals surface area contributed by atoms with Crippen LogP contribution in [0.4, 0.5) is 0 Å². The number of hydrogen-bond acceptors (Lipinski definition) is 3. The zero-order valence-corrected chi connectivity index (χ0v) is 7.93. The van der Waals surface area contributed by atoms with Gasteiger partial charge in [-0.25, -0.2) is 0 Å². The number of aromatic amines is 1. The van der Waals surface area contributed by atoms with Crippen LogP contribution in [0.15, 0.2) is 12.4 Å². The summed E-state index contributed by atoms with van der Waals surface area (Å²) in [6, 6.07) is -0.470. The number of nitrogens with one attached hydrogen (secondary N) is 2. The first-order valence-corrected chi connectivity index (χ1v) is 4.69. The third-order valence-corrected chi connectivity index (χ3v) is 2.60. The van der Waals surface area contributed by atoms with E-state index in [-0.39, 0.29) is 12.3 Å². The van der Waals surface area contributed by atoms with E-state index in [4.69, 9.17) is 5.11 Å². The van der Waals surface area contributed by atoms with Crippen LogP contribution in [0.1, 0.15) is 24.4 Å². The molecule has 6 heteroatoms. The molecule has 1 aromatic rings. The van der Waals surface area contributed by atoms with Gasteiger partial charge in [-0.2, -0.15) is 5.10 Å². The molecule has 1 aromatic heterocycles. The minimum Gasteiger partial charge on any atom is -0.481 e. The van der Waals surface area contributed by atoms with Crippen LogP contribution in [0.25, 0.3) is 0 Å². The predicted molar refractivity (Wildman–Crippen MR) is 49.8 cm³/mol. The maximum atomic E-state index is 11.2. The highest BCUT2D eigenvalue weighted by atomic mass is 16.4. The predicted octanol–water partition coefficient (Wildman–Crippen LogP) is 0.0616. The van der Waals surface area contributed by atoms with Crippen molar-refractivity contribution in [2.45, 2.75) is 18.9 Å². The van der Waals surface area contributed by atoms with Crippen LogP contribution in [0, 0.1) is 5.92 Å². The van der Waals surface area contributed by atoms with E-state index in [0.29, 0.717) is 12.0 Å². The van der Waals surface area contributed by atoms with E-state index in [9.17, 15) is 9.59 Å². The zero-order chi connectivity index (χ0) is 10.8. The van der Waals surface area contributed by atoms with Crippen LogP contribution in [-0.2, 0) is 9.59 Å². The second-order valence-corrected chi connectivity index (χ2v) is 3.56. The van der Waals surface area contributed by atoms with Gasteiger partial charge < -0.3 is 10.4 Å². The topological polar surface area (TPSA) is 95.1 Å². The van der Waals surface area contributed by atoms with E-state index in [1.54, 1.807) is 6.20 Å². The first-order valence-electron chi connectivity index (χ1n) is 4.69. The van der Waals surface area contributed by atoms with Crippen LogP contribution in [0.5, 0.6) is 0 Å². The summed E-state index contributed by atoms with van der Waals surface area (Å²) in [5, 5.41) is 18.0. The van der Waals surface area contributed by atoms with Gasteiger partial charge in [0.05, 0.1) is 18.2 Å². The average molecular weight is 209 g/mol. The molecule has 1 saturated heterocycles. The van der Waals surface area contributed by atoms with E-state index in [2.05, 4.69) is 15.5 Å². The molecule has 0 aliphatic carbocycles. The highest BCUT2D eigenvalue weighted by Crippen LogP contribution is 2.29. The van der Waals surface area contributed by atoms with Crippen molar-refractivity contribution < 1.29 is 14.7 Å². The number of hydrogen-bond donors (Lipinski definition) is 3. The number of carbonyl (C=O) groups is 2. The SMILES string of the molecule is O=C1CC[C@H](C(=O)O)[C@@H](c2cn[nH]c2)N1. The second-order valence-electron chi connectivity index (χ2n) is 3.56. The average Bonchev–Trinajstić information content (AvgIpc) is 2.69. The van der Waals surface area contributed by atoms with E-state index in [1.807, 2.05) is 0 Å². The van der Waals surface area contributed by atoms with Crippen molar-refractivity contribution >= 4 is 11.9 Å². The molecule has 0 aromatic carbocycles. The standard InChI is InChI=1S/C9H11N3O3/c13-7-2-1-6(9(14)15)8(12-7)5-3-10-11-4-5/h3-4,6,8H,1-2H2,(H,10,11)(H,12,13)(H,14,15)/t6-,8+/m0/s1. The minimum absolute atomic E-state index is 0.112. The molecule has 1 amide bonds. The van der Waals surface area contributed by atoms with Gasteiger partial charge in [-0.05, 0) is 6.42 Å². The Balaban J connectivity index is 2.24. The van der Waals surface area contributed by atoms with Crippen molar-refractivity contribution in [1.29, 1.82) is 0 Å². The maximum absolute atomic E-state index is 11.2. The number of aliphatic carboxylic acids is 1. The third kappa shape index (κ3) is 1.83. The maximum Gasteiger partial charge on any atom is 0.308 e. The van der Waals surface area contributed by atoms with E-state index >= 15 is 0 Å². The second kappa shape index (κ2) is 3.72. The summed E-state index contributed by atoms with van der Waals surface area (Å²) in [5.74, 6) is -1.57. The Bertz CT molecular complexity index is 374. The molecule has 1 fully saturated rings. The lowest BCUT2D eigenvalue weighted by Crippen LogP contribution is -2.41. The summed E-state index contributed by atoms with van der Waals surface area (Å²) in [6.07, 6.45) is 3.78. The highest BCUT2D eigenvalue weighted by Gasteiger charge is 2.35. The lowest BCUT2D eigenvalue weighted by atomic mass is 9.87. The van der Waals surface area contributed by atoms with E-state index in [1.165, 1.54) is 6.20 Å². The van der Waals surface area contributed by atoms with Crippen molar-refractivity contribution in [2.75, 3.05) is 0 Å². The zero-order valence-electron chi connectivity index (χ0n) is 7.93. The van der Waals surface area contributed by atoms with Gasteiger partial charge in [0, 0.05) is 18.2 Å². The molecule has 2 rings (SSSR count). The largest absolute Gasteiger partial charge is 0.481 e. The quantitative estimate of drug-likeness (QED) is 0.641. The summed E-state index contributed by atoms with van der Waals surface area (Å²) in [5.41, 5.74) is 0.704. The molecule has 0 radical (unpaired) electrons. The van der Waals surface area contributed by atoms with Crippen LogP contribution in [0.2, 0.25) is 0 Å². The summed E-state index contributed by atoms with van der Waals surface area (Å²) >= 11 is 0. The van der Waals surface area contributed by atoms with Crippen molar-refractivity contribution in [2.24, 2.45) is 5.92 Å². The van der Waals surface area contributed by atoms with E-state index < -0.39 is 17.9 Å². The van der Waals surface area contributed by atoms with Crippen molar-refractivity contribution in [3.63, 3.8) is 0 Å². The molecule has 1 aliphatic heterocycles. The molecule has 0 saturated carbocycles. The molecule has 15 heavy (non-hydrogen) atoms. The fraction of sp³-hybridized carbons (Fsp3) is 0.444. The van der Waals surface area contributed by atoms with Crippen LogP contribution in [0.3, 0.4) is 0 Å². The summed E-state index contributed by atoms with van der Waals surface area (Å²) < 4.78 is 0. The molecule has 80 valence electrons. The van der Waals surface area contributed by atoms with Crippen molar-refractivity contribution in [3.8, 4) is 0 Å². The molecular formula is C9H11N3O3. The molecule has 6 nitrogen and oxygen atoms in total. The molecule has 2 heterocycles. The molecule has 3 N–H and O–H groups in total. The van der Waals surface area contributed by atoms with Crippen LogP contribution >= 0.6 is 0 Å². The van der Waals surface area contributed by atoms with Crippen molar-refractivity contribution in [3.05, 3.63) is 18.0 Å². The summed E-state index contributed by atoms with van der Waals surface area (Å²) in [6.45, 7) is 0. The third-order valence-electron chi connectivity index (χ3n) is 2.60. The number of H-pyrrole nitrogens is 1. The molecule has 0 unspecified atom stereocenters. The van der Waals surface area contributed by atoms with Gasteiger partial charge in [0.2, 0.25) is 5.91 Å². The van der Waals surface area contributed by atoms with Gasteiger partial charge in [0.25, 0.3) is 0 Å². The number of nitrogens with zero attached hydrogens (tertiary/aromatic N) is 1. The number of carboxylic acids is 1. The normalized spacial score (nSPS) is 26.0. The number of rotatable bonds is 2. The lowest BCUT2D eigenvalue weighted by molar-refractivity contribution is -0.145. The Morgan fingerprint density at radius 2 is 2.40 bits per heavy atom. The van der Waals surface area contributed by atoms with Crippen LogP contribution in [-0.4, -0.2) is 27.2 Å². The molecule has 0 spiro atoms. The monoisotopic (exact) mass is 209 g/mol. The summed E-state index contributed by atoms with van der Waals surface area (Å²) in [7, 11) is 0. The molecular weight excluding hydrogens is 198 g/mol. The van der Waals surface area contributed by atoms with Crippen molar-refractivity contribution in [1.82, 2.24) is 15.5 Å². The minimum atomic E-state index is -0.888. The Kier molecular flexibility index (Phi) is 2.40. The van der Waals surface area contributed by atoms with E-state index in [0.717, 1.165) is 0 Å². The number of carbonyl (C=O) groups excluding carboxylic acids is 1. The van der Waals surface area contributed by atoms with Gasteiger partial charge in [-0.3, -0.25) is 14.7 Å². The van der Waals surface area contributed by atoms with Gasteiger partial charge in [0.15, 0.2) is 0 Å². The highest BCUT2D eigenvalue weighted by molar-refractivity contribution is 5.81.